The summed E-state index contributed by atoms with van der Waals surface area (Å²) in [5, 5.41) is 9.67. The standard InChI is InChI=1S/C11H14BrFO/c1-2-3-4-11(14)9-6-5-8(12)7-10(9)13/h5-7,11,14H,2-4H2,1H3. The summed E-state index contributed by atoms with van der Waals surface area (Å²) in [5.41, 5.74) is 0.390. The summed E-state index contributed by atoms with van der Waals surface area (Å²) in [6, 6.07) is 4.75. The van der Waals surface area contributed by atoms with E-state index in [1.165, 1.54) is 6.07 Å². The third kappa shape index (κ3) is 3.07. The van der Waals surface area contributed by atoms with Gasteiger partial charge in [-0.2, -0.15) is 0 Å². The van der Waals surface area contributed by atoms with Gasteiger partial charge in [0.05, 0.1) is 6.10 Å². The molecule has 0 aliphatic heterocycles. The van der Waals surface area contributed by atoms with Crippen molar-refractivity contribution in [2.75, 3.05) is 0 Å². The fourth-order valence-electron chi connectivity index (χ4n) is 1.32. The third-order valence-corrected chi connectivity index (χ3v) is 2.65. The number of aliphatic hydroxyl groups is 1. The molecule has 0 spiro atoms. The van der Waals surface area contributed by atoms with Gasteiger partial charge in [0.1, 0.15) is 5.82 Å². The number of hydrogen-bond donors (Lipinski definition) is 1. The van der Waals surface area contributed by atoms with Gasteiger partial charge in [-0.25, -0.2) is 4.39 Å². The zero-order valence-electron chi connectivity index (χ0n) is 8.13. The van der Waals surface area contributed by atoms with E-state index in [4.69, 9.17) is 0 Å². The van der Waals surface area contributed by atoms with Crippen molar-refractivity contribution in [1.29, 1.82) is 0 Å². The summed E-state index contributed by atoms with van der Waals surface area (Å²) in [4.78, 5) is 0. The molecule has 0 aliphatic rings. The summed E-state index contributed by atoms with van der Waals surface area (Å²) < 4.78 is 14.0. The molecule has 0 heterocycles. The number of hydrogen-bond acceptors (Lipinski definition) is 1. The molecule has 3 heteroatoms. The largest absolute Gasteiger partial charge is 0.388 e. The second kappa shape index (κ2) is 5.47. The van der Waals surface area contributed by atoms with E-state index in [2.05, 4.69) is 15.9 Å². The molecular weight excluding hydrogens is 247 g/mol. The predicted molar refractivity (Wildman–Crippen MR) is 58.6 cm³/mol. The van der Waals surface area contributed by atoms with Gasteiger partial charge in [-0.1, -0.05) is 41.8 Å². The smallest absolute Gasteiger partial charge is 0.130 e. The number of aliphatic hydroxyl groups excluding tert-OH is 1. The second-order valence-corrected chi connectivity index (χ2v) is 4.24. The lowest BCUT2D eigenvalue weighted by Gasteiger charge is -2.11. The van der Waals surface area contributed by atoms with E-state index in [0.717, 1.165) is 12.8 Å². The fourth-order valence-corrected chi connectivity index (χ4v) is 1.66. The van der Waals surface area contributed by atoms with Crippen LogP contribution in [0.1, 0.15) is 37.9 Å². The molecule has 1 aromatic carbocycles. The van der Waals surface area contributed by atoms with E-state index in [9.17, 15) is 9.50 Å². The highest BCUT2D eigenvalue weighted by Gasteiger charge is 2.11. The minimum Gasteiger partial charge on any atom is -0.388 e. The summed E-state index contributed by atoms with van der Waals surface area (Å²) >= 11 is 3.18. The van der Waals surface area contributed by atoms with E-state index in [0.29, 0.717) is 16.5 Å². The SMILES string of the molecule is CCCCC(O)c1ccc(Br)cc1F. The summed E-state index contributed by atoms with van der Waals surface area (Å²) in [7, 11) is 0. The van der Waals surface area contributed by atoms with E-state index in [1.54, 1.807) is 12.1 Å². The molecule has 14 heavy (non-hydrogen) atoms. The van der Waals surface area contributed by atoms with Crippen LogP contribution in [0.3, 0.4) is 0 Å². The molecule has 0 fully saturated rings. The van der Waals surface area contributed by atoms with Gasteiger partial charge in [0, 0.05) is 10.0 Å². The monoisotopic (exact) mass is 260 g/mol. The van der Waals surface area contributed by atoms with Crippen molar-refractivity contribution in [3.63, 3.8) is 0 Å². The Hall–Kier alpha value is -0.410. The lowest BCUT2D eigenvalue weighted by Crippen LogP contribution is -2.00. The van der Waals surface area contributed by atoms with Crippen LogP contribution in [-0.2, 0) is 0 Å². The topological polar surface area (TPSA) is 20.2 Å². The van der Waals surface area contributed by atoms with Gasteiger partial charge in [0.2, 0.25) is 0 Å². The van der Waals surface area contributed by atoms with Gasteiger partial charge < -0.3 is 5.11 Å². The molecule has 1 unspecified atom stereocenters. The summed E-state index contributed by atoms with van der Waals surface area (Å²) in [5.74, 6) is -0.344. The van der Waals surface area contributed by atoms with Crippen LogP contribution < -0.4 is 0 Å². The Morgan fingerprint density at radius 3 is 2.79 bits per heavy atom. The first-order valence-corrected chi connectivity index (χ1v) is 5.57. The lowest BCUT2D eigenvalue weighted by molar-refractivity contribution is 0.159. The minimum absolute atomic E-state index is 0.344. The molecule has 78 valence electrons. The van der Waals surface area contributed by atoms with Crippen LogP contribution >= 0.6 is 15.9 Å². The number of rotatable bonds is 4. The van der Waals surface area contributed by atoms with Gasteiger partial charge in [0.25, 0.3) is 0 Å². The van der Waals surface area contributed by atoms with Crippen LogP contribution in [0.4, 0.5) is 4.39 Å². The third-order valence-electron chi connectivity index (χ3n) is 2.15. The van der Waals surface area contributed by atoms with Gasteiger partial charge in [0.15, 0.2) is 0 Å². The molecule has 1 aromatic rings. The zero-order valence-corrected chi connectivity index (χ0v) is 9.72. The Morgan fingerprint density at radius 2 is 2.21 bits per heavy atom. The Bertz CT molecular complexity index is 301. The van der Waals surface area contributed by atoms with E-state index in [-0.39, 0.29) is 5.82 Å². The first-order valence-electron chi connectivity index (χ1n) is 4.78. The molecule has 0 radical (unpaired) electrons. The van der Waals surface area contributed by atoms with E-state index < -0.39 is 6.10 Å². The quantitative estimate of drug-likeness (QED) is 0.873. The average molecular weight is 261 g/mol. The first-order chi connectivity index (χ1) is 6.65. The minimum atomic E-state index is -0.678. The maximum atomic E-state index is 13.3. The molecule has 1 nitrogen and oxygen atoms in total. The molecular formula is C11H14BrFO. The van der Waals surface area contributed by atoms with Gasteiger partial charge in [-0.3, -0.25) is 0 Å². The fraction of sp³-hybridized carbons (Fsp3) is 0.455. The highest BCUT2D eigenvalue weighted by molar-refractivity contribution is 9.10. The maximum absolute atomic E-state index is 13.3. The van der Waals surface area contributed by atoms with Crippen molar-refractivity contribution in [2.45, 2.75) is 32.3 Å². The van der Waals surface area contributed by atoms with Gasteiger partial charge in [-0.05, 0) is 18.6 Å². The first kappa shape index (κ1) is 11.7. The molecule has 0 aromatic heterocycles. The van der Waals surface area contributed by atoms with Gasteiger partial charge >= 0.3 is 0 Å². The van der Waals surface area contributed by atoms with Crippen molar-refractivity contribution in [3.8, 4) is 0 Å². The number of benzene rings is 1. The lowest BCUT2D eigenvalue weighted by atomic mass is 10.0. The molecule has 0 bridgehead atoms. The van der Waals surface area contributed by atoms with Crippen LogP contribution in [0, 0.1) is 5.82 Å². The van der Waals surface area contributed by atoms with Crippen LogP contribution in [0.2, 0.25) is 0 Å². The zero-order chi connectivity index (χ0) is 10.6. The average Bonchev–Trinajstić information content (AvgIpc) is 2.14. The molecule has 1 N–H and O–H groups in total. The molecule has 1 rings (SSSR count). The molecule has 0 aliphatic carbocycles. The van der Waals surface area contributed by atoms with Crippen molar-refractivity contribution < 1.29 is 9.50 Å². The Morgan fingerprint density at radius 1 is 1.50 bits per heavy atom. The summed E-state index contributed by atoms with van der Waals surface area (Å²) in [6.07, 6.45) is 1.86. The number of halogens is 2. The van der Waals surface area contributed by atoms with Crippen LogP contribution in [0.25, 0.3) is 0 Å². The van der Waals surface area contributed by atoms with Crippen molar-refractivity contribution >= 4 is 15.9 Å². The van der Waals surface area contributed by atoms with Crippen molar-refractivity contribution in [1.82, 2.24) is 0 Å². The van der Waals surface area contributed by atoms with Crippen LogP contribution in [0.5, 0.6) is 0 Å². The Kier molecular flexibility index (Phi) is 4.55. The normalized spacial score (nSPS) is 12.9. The van der Waals surface area contributed by atoms with Crippen molar-refractivity contribution in [3.05, 3.63) is 34.1 Å². The van der Waals surface area contributed by atoms with E-state index >= 15 is 0 Å². The van der Waals surface area contributed by atoms with Crippen molar-refractivity contribution in [2.24, 2.45) is 0 Å². The second-order valence-electron chi connectivity index (χ2n) is 3.32. The highest BCUT2D eigenvalue weighted by atomic mass is 79.9. The molecule has 0 saturated carbocycles. The summed E-state index contributed by atoms with van der Waals surface area (Å²) in [6.45, 7) is 2.05. The van der Waals surface area contributed by atoms with Crippen LogP contribution in [0.15, 0.2) is 22.7 Å². The Labute approximate surface area is 92.1 Å². The highest BCUT2D eigenvalue weighted by Crippen LogP contribution is 2.24. The number of unbranched alkanes of at least 4 members (excludes halogenated alkanes) is 1. The molecule has 0 amide bonds. The maximum Gasteiger partial charge on any atom is 0.130 e. The van der Waals surface area contributed by atoms with Gasteiger partial charge in [-0.15, -0.1) is 0 Å². The van der Waals surface area contributed by atoms with Crippen LogP contribution in [-0.4, -0.2) is 5.11 Å². The Balaban J connectivity index is 2.74. The molecule has 0 saturated heterocycles. The van der Waals surface area contributed by atoms with E-state index in [1.807, 2.05) is 6.92 Å². The molecule has 1 atom stereocenters. The predicted octanol–water partition coefficient (Wildman–Crippen LogP) is 3.81.